The zero-order valence-electron chi connectivity index (χ0n) is 14.6. The number of likely N-dealkylation sites (N-methyl/N-ethyl adjacent to an activating group) is 1. The summed E-state index contributed by atoms with van der Waals surface area (Å²) in [5, 5.41) is 8.30. The van der Waals surface area contributed by atoms with E-state index in [9.17, 15) is 4.79 Å². The molecule has 1 aliphatic heterocycles. The minimum Gasteiger partial charge on any atom is -0.337 e. The van der Waals surface area contributed by atoms with Gasteiger partial charge < -0.3 is 10.2 Å². The van der Waals surface area contributed by atoms with Gasteiger partial charge in [-0.05, 0) is 51.5 Å². The molecule has 0 spiro atoms. The summed E-state index contributed by atoms with van der Waals surface area (Å²) in [6, 6.07) is 0.486. The lowest BCUT2D eigenvalue weighted by Crippen LogP contribution is -2.38. The molecule has 1 fully saturated rings. The number of likely N-dealkylation sites (tertiary alicyclic amines) is 1. The molecule has 1 unspecified atom stereocenters. The van der Waals surface area contributed by atoms with Crippen molar-refractivity contribution in [2.75, 3.05) is 19.6 Å². The smallest absolute Gasteiger partial charge is 0.274 e. The Morgan fingerprint density at radius 3 is 2.74 bits per heavy atom. The third kappa shape index (κ3) is 3.44. The zero-order valence-corrected chi connectivity index (χ0v) is 14.6. The summed E-state index contributed by atoms with van der Waals surface area (Å²) in [4.78, 5) is 15.0. The van der Waals surface area contributed by atoms with Crippen LogP contribution in [0.25, 0.3) is 0 Å². The number of hydrogen-bond acceptors (Lipinski definition) is 3. The van der Waals surface area contributed by atoms with E-state index < -0.39 is 0 Å². The van der Waals surface area contributed by atoms with Gasteiger partial charge >= 0.3 is 0 Å². The van der Waals surface area contributed by atoms with E-state index in [1.807, 2.05) is 4.90 Å². The minimum atomic E-state index is 0.160. The molecule has 1 aromatic rings. The predicted molar refractivity (Wildman–Crippen MR) is 91.8 cm³/mol. The average Bonchev–Trinajstić information content (AvgIpc) is 2.94. The Balaban J connectivity index is 1.88. The summed E-state index contributed by atoms with van der Waals surface area (Å²) in [6.07, 6.45) is 7.69. The van der Waals surface area contributed by atoms with Crippen LogP contribution >= 0.6 is 0 Å². The van der Waals surface area contributed by atoms with Crippen LogP contribution in [0.3, 0.4) is 0 Å². The van der Waals surface area contributed by atoms with Gasteiger partial charge in [-0.3, -0.25) is 9.48 Å². The first-order chi connectivity index (χ1) is 11.2. The summed E-state index contributed by atoms with van der Waals surface area (Å²) >= 11 is 0. The Labute approximate surface area is 139 Å². The first-order valence-electron chi connectivity index (χ1n) is 9.35. The summed E-state index contributed by atoms with van der Waals surface area (Å²) in [7, 11) is 0. The van der Waals surface area contributed by atoms with E-state index in [1.165, 1.54) is 17.7 Å². The molecule has 5 heteroatoms. The van der Waals surface area contributed by atoms with Crippen molar-refractivity contribution in [3.05, 3.63) is 17.0 Å². The van der Waals surface area contributed by atoms with Crippen LogP contribution in [0, 0.1) is 0 Å². The molecule has 3 rings (SSSR count). The Morgan fingerprint density at radius 2 is 2.04 bits per heavy atom. The average molecular weight is 318 g/mol. The van der Waals surface area contributed by atoms with Crippen molar-refractivity contribution in [1.82, 2.24) is 20.0 Å². The lowest BCUT2D eigenvalue weighted by Gasteiger charge is -2.27. The van der Waals surface area contributed by atoms with Gasteiger partial charge in [-0.1, -0.05) is 13.8 Å². The van der Waals surface area contributed by atoms with E-state index in [2.05, 4.69) is 23.8 Å². The van der Waals surface area contributed by atoms with Crippen molar-refractivity contribution in [2.24, 2.45) is 0 Å². The minimum absolute atomic E-state index is 0.160. The van der Waals surface area contributed by atoms with E-state index >= 15 is 0 Å². The van der Waals surface area contributed by atoms with E-state index in [1.54, 1.807) is 0 Å². The lowest BCUT2D eigenvalue weighted by molar-refractivity contribution is 0.0716. The van der Waals surface area contributed by atoms with Crippen LogP contribution < -0.4 is 5.32 Å². The molecule has 0 radical (unpaired) electrons. The first kappa shape index (κ1) is 16.5. The number of aryl methyl sites for hydroxylation is 1. The number of piperidine rings is 1. The van der Waals surface area contributed by atoms with Crippen LogP contribution in [-0.2, 0) is 19.4 Å². The van der Waals surface area contributed by atoms with Gasteiger partial charge in [0.2, 0.25) is 0 Å². The van der Waals surface area contributed by atoms with Crippen molar-refractivity contribution in [2.45, 2.75) is 71.4 Å². The molecular formula is C18H30N4O. The predicted octanol–water partition coefficient (Wildman–Crippen LogP) is 2.39. The molecule has 1 aromatic heterocycles. The molecule has 1 aliphatic carbocycles. The Bertz CT molecular complexity index is 545. The summed E-state index contributed by atoms with van der Waals surface area (Å²) < 4.78 is 2.11. The first-order valence-corrected chi connectivity index (χ1v) is 9.35. The van der Waals surface area contributed by atoms with Gasteiger partial charge in [0, 0.05) is 36.9 Å². The van der Waals surface area contributed by atoms with E-state index in [0.29, 0.717) is 6.04 Å². The van der Waals surface area contributed by atoms with Gasteiger partial charge in [-0.15, -0.1) is 0 Å². The Hall–Kier alpha value is -1.36. The maximum absolute atomic E-state index is 13.0. The highest BCUT2D eigenvalue weighted by Crippen LogP contribution is 2.27. The Morgan fingerprint density at radius 1 is 1.26 bits per heavy atom. The zero-order chi connectivity index (χ0) is 16.2. The van der Waals surface area contributed by atoms with Crippen LogP contribution in [0.1, 0.15) is 67.7 Å². The molecule has 1 amide bonds. The summed E-state index contributed by atoms with van der Waals surface area (Å²) in [5.74, 6) is 0.160. The van der Waals surface area contributed by atoms with Crippen LogP contribution in [0.15, 0.2) is 0 Å². The van der Waals surface area contributed by atoms with Crippen LogP contribution in [0.5, 0.6) is 0 Å². The maximum atomic E-state index is 13.0. The number of carbonyl (C=O) groups is 1. The number of fused-ring (bicyclic) bond motifs is 1. The van der Waals surface area contributed by atoms with E-state index in [4.69, 9.17) is 5.10 Å². The largest absolute Gasteiger partial charge is 0.337 e. The van der Waals surface area contributed by atoms with Crippen molar-refractivity contribution < 1.29 is 4.79 Å². The highest BCUT2D eigenvalue weighted by Gasteiger charge is 2.31. The molecule has 0 saturated carbocycles. The fourth-order valence-corrected chi connectivity index (χ4v) is 3.97. The normalized spacial score (nSPS) is 21.3. The van der Waals surface area contributed by atoms with E-state index in [0.717, 1.165) is 70.4 Å². The molecule has 128 valence electrons. The summed E-state index contributed by atoms with van der Waals surface area (Å²) in [6.45, 7) is 8.01. The maximum Gasteiger partial charge on any atom is 0.274 e. The van der Waals surface area contributed by atoms with Gasteiger partial charge in [0.05, 0.1) is 0 Å². The monoisotopic (exact) mass is 318 g/mol. The number of aromatic nitrogens is 2. The number of rotatable bonds is 5. The number of hydrogen-bond donors (Lipinski definition) is 1. The van der Waals surface area contributed by atoms with Gasteiger partial charge in [0.15, 0.2) is 5.69 Å². The van der Waals surface area contributed by atoms with Crippen molar-refractivity contribution in [3.63, 3.8) is 0 Å². The fraction of sp³-hybridized carbons (Fsp3) is 0.778. The third-order valence-electron chi connectivity index (χ3n) is 5.12. The second kappa shape index (κ2) is 7.47. The topological polar surface area (TPSA) is 50.2 Å². The third-order valence-corrected chi connectivity index (χ3v) is 5.12. The Kier molecular flexibility index (Phi) is 5.36. The van der Waals surface area contributed by atoms with Crippen LogP contribution in [0.2, 0.25) is 0 Å². The molecule has 2 aliphatic rings. The highest BCUT2D eigenvalue weighted by atomic mass is 16.2. The molecule has 5 nitrogen and oxygen atoms in total. The number of nitrogens with zero attached hydrogens (tertiary/aromatic N) is 3. The standard InChI is InChI=1S/C18H30N4O/c1-3-10-22-16-9-8-14(19-4-2)13-15(16)17(20-22)18(23)21-11-6-5-7-12-21/h14,19H,3-13H2,1-2H3. The quantitative estimate of drug-likeness (QED) is 0.907. The van der Waals surface area contributed by atoms with Crippen molar-refractivity contribution in [3.8, 4) is 0 Å². The number of amides is 1. The highest BCUT2D eigenvalue weighted by molar-refractivity contribution is 5.94. The molecule has 0 aromatic carbocycles. The molecule has 0 bridgehead atoms. The fourth-order valence-electron chi connectivity index (χ4n) is 3.97. The second-order valence-corrected chi connectivity index (χ2v) is 6.85. The molecule has 1 saturated heterocycles. The summed E-state index contributed by atoms with van der Waals surface area (Å²) in [5.41, 5.74) is 3.26. The second-order valence-electron chi connectivity index (χ2n) is 6.85. The number of carbonyl (C=O) groups excluding carboxylic acids is 1. The van der Waals surface area contributed by atoms with Gasteiger partial charge in [-0.2, -0.15) is 5.10 Å². The lowest BCUT2D eigenvalue weighted by atomic mass is 9.91. The molecular weight excluding hydrogens is 288 g/mol. The van der Waals surface area contributed by atoms with Gasteiger partial charge in [0.1, 0.15) is 0 Å². The van der Waals surface area contributed by atoms with Gasteiger partial charge in [0.25, 0.3) is 5.91 Å². The van der Waals surface area contributed by atoms with Crippen molar-refractivity contribution in [1.29, 1.82) is 0 Å². The van der Waals surface area contributed by atoms with Crippen molar-refractivity contribution >= 4 is 5.91 Å². The van der Waals surface area contributed by atoms with Gasteiger partial charge in [-0.25, -0.2) is 0 Å². The molecule has 1 N–H and O–H groups in total. The van der Waals surface area contributed by atoms with Crippen LogP contribution in [0.4, 0.5) is 0 Å². The molecule has 2 heterocycles. The molecule has 23 heavy (non-hydrogen) atoms. The van der Waals surface area contributed by atoms with E-state index in [-0.39, 0.29) is 5.91 Å². The number of nitrogens with one attached hydrogen (secondary N) is 1. The van der Waals surface area contributed by atoms with Crippen LogP contribution in [-0.4, -0.2) is 46.3 Å². The SMILES string of the molecule is CCCn1nc(C(=O)N2CCCCC2)c2c1CCC(NCC)C2. The molecule has 1 atom stereocenters.